The molecule has 20 heavy (non-hydrogen) atoms. The highest BCUT2D eigenvalue weighted by molar-refractivity contribution is 6.33. The van der Waals surface area contributed by atoms with Crippen LogP contribution in [0.3, 0.4) is 0 Å². The highest BCUT2D eigenvalue weighted by Gasteiger charge is 2.29. The topological polar surface area (TPSA) is 15.3 Å². The van der Waals surface area contributed by atoms with Crippen LogP contribution in [-0.4, -0.2) is 20.1 Å². The third kappa shape index (κ3) is 3.29. The zero-order valence-electron chi connectivity index (χ0n) is 13.2. The number of benzene rings is 1. The maximum absolute atomic E-state index is 6.50. The molecule has 0 radical (unpaired) electrons. The zero-order chi connectivity index (χ0) is 14.8. The Kier molecular flexibility index (Phi) is 4.98. The van der Waals surface area contributed by atoms with E-state index < -0.39 is 0 Å². The minimum Gasteiger partial charge on any atom is -0.370 e. The Balaban J connectivity index is 2.11. The molecule has 1 saturated heterocycles. The van der Waals surface area contributed by atoms with E-state index in [0.29, 0.717) is 11.5 Å². The van der Waals surface area contributed by atoms with Crippen LogP contribution >= 0.6 is 11.6 Å². The monoisotopic (exact) mass is 294 g/mol. The maximum atomic E-state index is 6.50. The standard InChI is InChI=1S/C17H27ClN2/c1-5-17(3)8-10-20(11-9-17)16-7-6-14(12-15(16)18)13(2)19-4/h6-7,12-13,19H,5,8-11H2,1-4H3. The van der Waals surface area contributed by atoms with Gasteiger partial charge in [0, 0.05) is 19.1 Å². The van der Waals surface area contributed by atoms with Crippen LogP contribution in [0.4, 0.5) is 5.69 Å². The molecular formula is C17H27ClN2. The summed E-state index contributed by atoms with van der Waals surface area (Å²) in [4.78, 5) is 2.44. The molecule has 1 aliphatic heterocycles. The molecule has 1 aromatic rings. The Bertz CT molecular complexity index is 450. The molecule has 0 spiro atoms. The van der Waals surface area contributed by atoms with E-state index in [4.69, 9.17) is 11.6 Å². The zero-order valence-corrected chi connectivity index (χ0v) is 13.9. The van der Waals surface area contributed by atoms with Crippen LogP contribution in [0.1, 0.15) is 51.6 Å². The first-order chi connectivity index (χ1) is 9.49. The molecule has 2 rings (SSSR count). The molecule has 0 aliphatic carbocycles. The Morgan fingerprint density at radius 3 is 2.50 bits per heavy atom. The second kappa shape index (κ2) is 6.36. The van der Waals surface area contributed by atoms with Crippen molar-refractivity contribution in [2.75, 3.05) is 25.0 Å². The summed E-state index contributed by atoms with van der Waals surface area (Å²) >= 11 is 6.50. The lowest BCUT2D eigenvalue weighted by molar-refractivity contribution is 0.238. The largest absolute Gasteiger partial charge is 0.370 e. The maximum Gasteiger partial charge on any atom is 0.0642 e. The normalized spacial score (nSPS) is 19.9. The van der Waals surface area contributed by atoms with E-state index in [-0.39, 0.29) is 0 Å². The molecular weight excluding hydrogens is 268 g/mol. The highest BCUT2D eigenvalue weighted by Crippen LogP contribution is 2.38. The summed E-state index contributed by atoms with van der Waals surface area (Å²) in [7, 11) is 1.97. The summed E-state index contributed by atoms with van der Waals surface area (Å²) < 4.78 is 0. The summed E-state index contributed by atoms with van der Waals surface area (Å²) in [5.41, 5.74) is 2.96. The van der Waals surface area contributed by atoms with Crippen LogP contribution in [0.2, 0.25) is 5.02 Å². The number of nitrogens with one attached hydrogen (secondary N) is 1. The van der Waals surface area contributed by atoms with E-state index >= 15 is 0 Å². The quantitative estimate of drug-likeness (QED) is 0.870. The van der Waals surface area contributed by atoms with Crippen LogP contribution in [0.15, 0.2) is 18.2 Å². The minimum atomic E-state index is 0.339. The van der Waals surface area contributed by atoms with E-state index in [1.165, 1.54) is 30.5 Å². The van der Waals surface area contributed by atoms with Crippen LogP contribution in [-0.2, 0) is 0 Å². The predicted molar refractivity (Wildman–Crippen MR) is 88.8 cm³/mol. The van der Waals surface area contributed by atoms with E-state index in [1.54, 1.807) is 0 Å². The van der Waals surface area contributed by atoms with E-state index in [2.05, 4.69) is 49.2 Å². The number of halogens is 1. The summed E-state index contributed by atoms with van der Waals surface area (Å²) in [5, 5.41) is 4.13. The van der Waals surface area contributed by atoms with Gasteiger partial charge in [-0.3, -0.25) is 0 Å². The molecule has 1 heterocycles. The number of nitrogens with zero attached hydrogens (tertiary/aromatic N) is 1. The summed E-state index contributed by atoms with van der Waals surface area (Å²) in [6.45, 7) is 9.09. The van der Waals surface area contributed by atoms with Gasteiger partial charge in [-0.25, -0.2) is 0 Å². The van der Waals surface area contributed by atoms with Crippen molar-refractivity contribution in [1.82, 2.24) is 5.32 Å². The van der Waals surface area contributed by atoms with Crippen molar-refractivity contribution in [2.24, 2.45) is 5.41 Å². The van der Waals surface area contributed by atoms with Gasteiger partial charge >= 0.3 is 0 Å². The minimum absolute atomic E-state index is 0.339. The van der Waals surface area contributed by atoms with Crippen molar-refractivity contribution in [3.05, 3.63) is 28.8 Å². The van der Waals surface area contributed by atoms with Gasteiger partial charge in [-0.2, -0.15) is 0 Å². The Hall–Kier alpha value is -0.730. The van der Waals surface area contributed by atoms with Crippen molar-refractivity contribution < 1.29 is 0 Å². The van der Waals surface area contributed by atoms with Gasteiger partial charge in [0.15, 0.2) is 0 Å². The second-order valence-corrected chi connectivity index (χ2v) is 6.78. The Labute approximate surface area is 128 Å². The number of rotatable bonds is 4. The summed E-state index contributed by atoms with van der Waals surface area (Å²) in [6.07, 6.45) is 3.79. The molecule has 1 aliphatic rings. The average molecular weight is 295 g/mol. The SMILES string of the molecule is CCC1(C)CCN(c2ccc(C(C)NC)cc2Cl)CC1. The molecule has 0 saturated carbocycles. The number of hydrogen-bond donors (Lipinski definition) is 1. The van der Waals surface area contributed by atoms with Crippen LogP contribution in [0.5, 0.6) is 0 Å². The first-order valence-corrected chi connectivity index (χ1v) is 8.08. The second-order valence-electron chi connectivity index (χ2n) is 6.37. The Morgan fingerprint density at radius 1 is 1.35 bits per heavy atom. The van der Waals surface area contributed by atoms with Gasteiger partial charge in [-0.05, 0) is 49.9 Å². The first kappa shape index (κ1) is 15.7. The third-order valence-corrected chi connectivity index (χ3v) is 5.37. The van der Waals surface area contributed by atoms with Crippen LogP contribution in [0.25, 0.3) is 0 Å². The van der Waals surface area contributed by atoms with Gasteiger partial charge < -0.3 is 10.2 Å². The van der Waals surface area contributed by atoms with Crippen LogP contribution in [0, 0.1) is 5.41 Å². The van der Waals surface area contributed by atoms with Crippen molar-refractivity contribution in [1.29, 1.82) is 0 Å². The van der Waals surface area contributed by atoms with Crippen molar-refractivity contribution in [2.45, 2.75) is 46.1 Å². The van der Waals surface area contributed by atoms with Gasteiger partial charge in [-0.15, -0.1) is 0 Å². The van der Waals surface area contributed by atoms with Gasteiger partial charge in [-0.1, -0.05) is 37.9 Å². The number of anilines is 1. The van der Waals surface area contributed by atoms with Crippen LogP contribution < -0.4 is 10.2 Å². The first-order valence-electron chi connectivity index (χ1n) is 7.71. The molecule has 1 N–H and O–H groups in total. The highest BCUT2D eigenvalue weighted by atomic mass is 35.5. The summed E-state index contributed by atoms with van der Waals surface area (Å²) in [6, 6.07) is 6.81. The molecule has 1 atom stereocenters. The summed E-state index contributed by atoms with van der Waals surface area (Å²) in [5.74, 6) is 0. The predicted octanol–water partition coefficient (Wildman–Crippen LogP) is 4.64. The van der Waals surface area contributed by atoms with Gasteiger partial charge in [0.1, 0.15) is 0 Å². The molecule has 0 aromatic heterocycles. The molecule has 1 fully saturated rings. The molecule has 1 unspecified atom stereocenters. The molecule has 3 heteroatoms. The Morgan fingerprint density at radius 2 is 2.00 bits per heavy atom. The van der Waals surface area contributed by atoms with Crippen molar-refractivity contribution in [3.63, 3.8) is 0 Å². The van der Waals surface area contributed by atoms with Crippen molar-refractivity contribution in [3.8, 4) is 0 Å². The van der Waals surface area contributed by atoms with Crippen molar-refractivity contribution >= 4 is 17.3 Å². The fraction of sp³-hybridized carbons (Fsp3) is 0.647. The third-order valence-electron chi connectivity index (χ3n) is 5.07. The lowest BCUT2D eigenvalue weighted by atomic mass is 9.78. The molecule has 2 nitrogen and oxygen atoms in total. The van der Waals surface area contributed by atoms with Gasteiger partial charge in [0.25, 0.3) is 0 Å². The smallest absolute Gasteiger partial charge is 0.0642 e. The molecule has 112 valence electrons. The fourth-order valence-corrected chi connectivity index (χ4v) is 3.17. The lowest BCUT2D eigenvalue weighted by Crippen LogP contribution is -2.38. The number of piperidine rings is 1. The number of hydrogen-bond acceptors (Lipinski definition) is 2. The van der Waals surface area contributed by atoms with E-state index in [1.807, 2.05) is 7.05 Å². The van der Waals surface area contributed by atoms with Gasteiger partial charge in [0.2, 0.25) is 0 Å². The molecule has 0 bridgehead atoms. The average Bonchev–Trinajstić information content (AvgIpc) is 2.47. The van der Waals surface area contributed by atoms with Gasteiger partial charge in [0.05, 0.1) is 10.7 Å². The molecule has 0 amide bonds. The van der Waals surface area contributed by atoms with E-state index in [0.717, 1.165) is 18.1 Å². The fourth-order valence-electron chi connectivity index (χ4n) is 2.86. The molecule has 1 aromatic carbocycles. The lowest BCUT2D eigenvalue weighted by Gasteiger charge is -2.40. The van der Waals surface area contributed by atoms with E-state index in [9.17, 15) is 0 Å².